The maximum Gasteiger partial charge on any atom is 0.128 e. The molecule has 0 unspecified atom stereocenters. The van der Waals surface area contributed by atoms with Gasteiger partial charge in [0.05, 0.1) is 46.6 Å². The number of aliphatic imine (C=N–C) groups is 1. The molecule has 0 amide bonds. The molecule has 0 saturated carbocycles. The summed E-state index contributed by atoms with van der Waals surface area (Å²) in [4.78, 5) is 4.35. The SMILES string of the molecule is COc1cc(C#N)cc(OC)c1.COc1cc(OC)cc(C2=NCCN2)c1. The van der Waals surface area contributed by atoms with E-state index in [1.54, 1.807) is 46.6 Å². The Bertz CT molecular complexity index is 799. The van der Waals surface area contributed by atoms with Crippen LogP contribution in [0.3, 0.4) is 0 Å². The number of nitrogens with zero attached hydrogens (tertiary/aromatic N) is 2. The molecule has 0 fully saturated rings. The summed E-state index contributed by atoms with van der Waals surface area (Å²) in [6.07, 6.45) is 0. The third kappa shape index (κ3) is 5.54. The number of rotatable bonds is 5. The lowest BCUT2D eigenvalue weighted by atomic mass is 10.2. The van der Waals surface area contributed by atoms with Gasteiger partial charge in [0.1, 0.15) is 28.8 Å². The molecule has 1 aliphatic rings. The summed E-state index contributed by atoms with van der Waals surface area (Å²) in [6.45, 7) is 1.73. The molecule has 1 N–H and O–H groups in total. The molecule has 0 aliphatic carbocycles. The van der Waals surface area contributed by atoms with Crippen molar-refractivity contribution in [2.24, 2.45) is 4.99 Å². The van der Waals surface area contributed by atoms with E-state index in [-0.39, 0.29) is 0 Å². The Kier molecular flexibility index (Phi) is 7.32. The maximum absolute atomic E-state index is 8.62. The maximum atomic E-state index is 8.62. The third-order valence-electron chi connectivity index (χ3n) is 3.78. The van der Waals surface area contributed by atoms with Gasteiger partial charge in [-0.1, -0.05) is 0 Å². The largest absolute Gasteiger partial charge is 0.497 e. The van der Waals surface area contributed by atoms with Crippen molar-refractivity contribution in [1.29, 1.82) is 5.26 Å². The molecule has 0 atom stereocenters. The van der Waals surface area contributed by atoms with Crippen LogP contribution in [0.4, 0.5) is 0 Å². The van der Waals surface area contributed by atoms with Crippen LogP contribution >= 0.6 is 0 Å². The van der Waals surface area contributed by atoms with Gasteiger partial charge in [0, 0.05) is 24.2 Å². The first-order valence-corrected chi connectivity index (χ1v) is 8.28. The summed E-state index contributed by atoms with van der Waals surface area (Å²) in [5.41, 5.74) is 1.54. The Balaban J connectivity index is 0.000000199. The van der Waals surface area contributed by atoms with Crippen molar-refractivity contribution < 1.29 is 18.9 Å². The molecule has 0 aromatic heterocycles. The standard InChI is InChI=1S/C11H14N2O2.C9H9NO2/c1-14-9-5-8(6-10(7-9)15-2)11-12-3-4-13-11;1-11-8-3-7(6-10)4-9(5-8)12-2/h5-7H,3-4H2,1-2H3,(H,12,13);3-5H,1-2H3. The van der Waals surface area contributed by atoms with E-state index in [0.717, 1.165) is 36.0 Å². The van der Waals surface area contributed by atoms with Crippen molar-refractivity contribution in [3.8, 4) is 29.1 Å². The Hall–Kier alpha value is -3.40. The van der Waals surface area contributed by atoms with E-state index in [1.807, 2.05) is 24.3 Å². The summed E-state index contributed by atoms with van der Waals surface area (Å²) in [6, 6.07) is 12.8. The minimum atomic E-state index is 0.534. The second-order valence-electron chi connectivity index (χ2n) is 5.47. The van der Waals surface area contributed by atoms with Crippen molar-refractivity contribution in [2.75, 3.05) is 41.5 Å². The van der Waals surface area contributed by atoms with Crippen LogP contribution in [0.25, 0.3) is 0 Å². The molecule has 7 heteroatoms. The molecule has 3 rings (SSSR count). The van der Waals surface area contributed by atoms with Crippen molar-refractivity contribution in [2.45, 2.75) is 0 Å². The first-order valence-electron chi connectivity index (χ1n) is 8.28. The minimum absolute atomic E-state index is 0.534. The molecular formula is C20H23N3O4. The van der Waals surface area contributed by atoms with E-state index in [1.165, 1.54) is 0 Å². The lowest BCUT2D eigenvalue weighted by molar-refractivity contribution is 0.394. The van der Waals surface area contributed by atoms with E-state index >= 15 is 0 Å². The summed E-state index contributed by atoms with van der Waals surface area (Å²) >= 11 is 0. The molecule has 2 aromatic carbocycles. The minimum Gasteiger partial charge on any atom is -0.497 e. The zero-order valence-electron chi connectivity index (χ0n) is 15.9. The van der Waals surface area contributed by atoms with Gasteiger partial charge in [-0.15, -0.1) is 0 Å². The predicted octanol–water partition coefficient (Wildman–Crippen LogP) is 2.63. The van der Waals surface area contributed by atoms with E-state index in [9.17, 15) is 0 Å². The number of ether oxygens (including phenoxy) is 4. The van der Waals surface area contributed by atoms with Gasteiger partial charge in [-0.05, 0) is 24.3 Å². The number of amidine groups is 1. The lowest BCUT2D eigenvalue weighted by Gasteiger charge is -2.08. The van der Waals surface area contributed by atoms with Gasteiger partial charge in [0.25, 0.3) is 0 Å². The molecule has 0 spiro atoms. The monoisotopic (exact) mass is 369 g/mol. The van der Waals surface area contributed by atoms with Crippen molar-refractivity contribution in [3.63, 3.8) is 0 Å². The molecule has 1 heterocycles. The van der Waals surface area contributed by atoms with Gasteiger partial charge in [-0.25, -0.2) is 0 Å². The number of methoxy groups -OCH3 is 4. The van der Waals surface area contributed by atoms with E-state index in [4.69, 9.17) is 24.2 Å². The Labute approximate surface area is 159 Å². The van der Waals surface area contributed by atoms with Gasteiger partial charge < -0.3 is 24.3 Å². The third-order valence-corrected chi connectivity index (χ3v) is 3.78. The number of hydrogen-bond donors (Lipinski definition) is 1. The van der Waals surface area contributed by atoms with Crippen molar-refractivity contribution >= 4 is 5.84 Å². The van der Waals surface area contributed by atoms with Gasteiger partial charge in [-0.3, -0.25) is 4.99 Å². The molecule has 27 heavy (non-hydrogen) atoms. The highest BCUT2D eigenvalue weighted by Gasteiger charge is 2.10. The van der Waals surface area contributed by atoms with E-state index < -0.39 is 0 Å². The molecule has 142 valence electrons. The molecule has 7 nitrogen and oxygen atoms in total. The van der Waals surface area contributed by atoms with Crippen molar-refractivity contribution in [1.82, 2.24) is 5.32 Å². The summed E-state index contributed by atoms with van der Waals surface area (Å²) in [5.74, 6) is 3.73. The molecule has 0 bridgehead atoms. The highest BCUT2D eigenvalue weighted by Crippen LogP contribution is 2.23. The lowest BCUT2D eigenvalue weighted by Crippen LogP contribution is -2.19. The zero-order chi connectivity index (χ0) is 19.6. The Morgan fingerprint density at radius 2 is 1.30 bits per heavy atom. The van der Waals surface area contributed by atoms with Crippen LogP contribution in [0, 0.1) is 11.3 Å². The normalized spacial score (nSPS) is 11.9. The number of nitriles is 1. The highest BCUT2D eigenvalue weighted by molar-refractivity contribution is 6.00. The van der Waals surface area contributed by atoms with E-state index in [0.29, 0.717) is 17.1 Å². The highest BCUT2D eigenvalue weighted by atomic mass is 16.5. The topological polar surface area (TPSA) is 85.1 Å². The number of nitrogens with one attached hydrogen (secondary N) is 1. The van der Waals surface area contributed by atoms with Gasteiger partial charge >= 0.3 is 0 Å². The van der Waals surface area contributed by atoms with Crippen LogP contribution < -0.4 is 24.3 Å². The van der Waals surface area contributed by atoms with Crippen LogP contribution in [0.15, 0.2) is 41.4 Å². The molecule has 0 saturated heterocycles. The summed E-state index contributed by atoms with van der Waals surface area (Å²) < 4.78 is 20.3. The molecular weight excluding hydrogens is 346 g/mol. The fourth-order valence-corrected chi connectivity index (χ4v) is 2.41. The van der Waals surface area contributed by atoms with Crippen LogP contribution in [-0.4, -0.2) is 47.4 Å². The average molecular weight is 369 g/mol. The van der Waals surface area contributed by atoms with Gasteiger partial charge in [0.2, 0.25) is 0 Å². The smallest absolute Gasteiger partial charge is 0.128 e. The Morgan fingerprint density at radius 3 is 1.67 bits per heavy atom. The first-order chi connectivity index (χ1) is 13.1. The van der Waals surface area contributed by atoms with Gasteiger partial charge in [-0.2, -0.15) is 5.26 Å². The fourth-order valence-electron chi connectivity index (χ4n) is 2.41. The molecule has 0 radical (unpaired) electrons. The Morgan fingerprint density at radius 1 is 0.815 bits per heavy atom. The fraction of sp³-hybridized carbons (Fsp3) is 0.300. The average Bonchev–Trinajstić information content (AvgIpc) is 3.28. The molecule has 1 aliphatic heterocycles. The quantitative estimate of drug-likeness (QED) is 0.872. The van der Waals surface area contributed by atoms with Gasteiger partial charge in [0.15, 0.2) is 0 Å². The predicted molar refractivity (Wildman–Crippen MR) is 103 cm³/mol. The zero-order valence-corrected chi connectivity index (χ0v) is 15.9. The van der Waals surface area contributed by atoms with Crippen LogP contribution in [-0.2, 0) is 0 Å². The number of hydrogen-bond acceptors (Lipinski definition) is 7. The number of benzene rings is 2. The summed E-state index contributed by atoms with van der Waals surface area (Å²) in [7, 11) is 6.39. The van der Waals surface area contributed by atoms with Crippen molar-refractivity contribution in [3.05, 3.63) is 47.5 Å². The van der Waals surface area contributed by atoms with Crippen LogP contribution in [0.1, 0.15) is 11.1 Å². The molecule has 2 aromatic rings. The summed E-state index contributed by atoms with van der Waals surface area (Å²) in [5, 5.41) is 11.8. The van der Waals surface area contributed by atoms with E-state index in [2.05, 4.69) is 10.3 Å². The van der Waals surface area contributed by atoms with Crippen LogP contribution in [0.5, 0.6) is 23.0 Å². The second kappa shape index (κ2) is 9.92. The van der Waals surface area contributed by atoms with Crippen LogP contribution in [0.2, 0.25) is 0 Å². The first kappa shape index (κ1) is 19.9. The second-order valence-corrected chi connectivity index (χ2v) is 5.47.